The summed E-state index contributed by atoms with van der Waals surface area (Å²) in [6.45, 7) is 6.62. The number of nitrogens with zero attached hydrogens (tertiary/aromatic N) is 2. The maximum Gasteiger partial charge on any atom is 0.321 e. The van der Waals surface area contributed by atoms with Gasteiger partial charge >= 0.3 is 6.03 Å². The summed E-state index contributed by atoms with van der Waals surface area (Å²) >= 11 is 1.58. The zero-order chi connectivity index (χ0) is 19.6. The second-order valence-electron chi connectivity index (χ2n) is 7.70. The summed E-state index contributed by atoms with van der Waals surface area (Å²) in [4.78, 5) is 43.1. The van der Waals surface area contributed by atoms with Crippen LogP contribution in [0.5, 0.6) is 0 Å². The van der Waals surface area contributed by atoms with Gasteiger partial charge in [0.05, 0.1) is 11.7 Å². The second kappa shape index (κ2) is 8.21. The predicted octanol–water partition coefficient (Wildman–Crippen LogP) is 2.45. The Hall–Kier alpha value is -2.22. The number of thiophene rings is 1. The number of aryl methyl sites for hydroxylation is 1. The molecule has 7 nitrogen and oxygen atoms in total. The van der Waals surface area contributed by atoms with Crippen molar-refractivity contribution in [3.63, 3.8) is 0 Å². The zero-order valence-corrected chi connectivity index (χ0v) is 16.8. The fraction of sp³-hybridized carbons (Fsp3) is 0.579. The van der Waals surface area contributed by atoms with E-state index < -0.39 is 11.9 Å². The third-order valence-electron chi connectivity index (χ3n) is 4.86. The highest BCUT2D eigenvalue weighted by molar-refractivity contribution is 7.18. The van der Waals surface area contributed by atoms with E-state index in [2.05, 4.69) is 36.4 Å². The molecule has 1 atom stereocenters. The maximum absolute atomic E-state index is 12.9. The number of carbonyl (C=O) groups is 2. The Morgan fingerprint density at radius 2 is 2.19 bits per heavy atom. The zero-order valence-electron chi connectivity index (χ0n) is 16.0. The molecule has 0 saturated carbocycles. The number of imide groups is 1. The van der Waals surface area contributed by atoms with Crippen LogP contribution in [-0.4, -0.2) is 28.0 Å². The van der Waals surface area contributed by atoms with Gasteiger partial charge in [0.2, 0.25) is 5.91 Å². The van der Waals surface area contributed by atoms with Crippen molar-refractivity contribution < 1.29 is 9.59 Å². The summed E-state index contributed by atoms with van der Waals surface area (Å²) < 4.78 is 1.28. The van der Waals surface area contributed by atoms with E-state index in [1.165, 1.54) is 15.8 Å². The van der Waals surface area contributed by atoms with Gasteiger partial charge in [-0.05, 0) is 43.1 Å². The summed E-state index contributed by atoms with van der Waals surface area (Å²) in [7, 11) is 0. The molecule has 2 heterocycles. The van der Waals surface area contributed by atoms with Crippen molar-refractivity contribution >= 4 is 33.5 Å². The Morgan fingerprint density at radius 1 is 1.41 bits per heavy atom. The highest BCUT2D eigenvalue weighted by Gasteiger charge is 2.23. The monoisotopic (exact) mass is 390 g/mol. The number of carbonyl (C=O) groups excluding carboxylic acids is 2. The van der Waals surface area contributed by atoms with Gasteiger partial charge in [-0.1, -0.05) is 20.8 Å². The van der Waals surface area contributed by atoms with E-state index >= 15 is 0 Å². The Kier molecular flexibility index (Phi) is 5.94. The third kappa shape index (κ3) is 4.55. The van der Waals surface area contributed by atoms with E-state index in [-0.39, 0.29) is 12.1 Å². The number of fused-ring (bicyclic) bond motifs is 3. The van der Waals surface area contributed by atoms with Crippen LogP contribution < -0.4 is 16.2 Å². The molecule has 0 radical (unpaired) electrons. The van der Waals surface area contributed by atoms with E-state index in [0.29, 0.717) is 23.8 Å². The van der Waals surface area contributed by atoms with Crippen LogP contribution in [0.3, 0.4) is 0 Å². The molecule has 146 valence electrons. The van der Waals surface area contributed by atoms with Crippen molar-refractivity contribution in [2.24, 2.45) is 11.8 Å². The molecule has 0 unspecified atom stereocenters. The molecule has 8 heteroatoms. The largest absolute Gasteiger partial charge is 0.338 e. The Balaban J connectivity index is 1.70. The number of hydrogen-bond donors (Lipinski definition) is 2. The molecular weight excluding hydrogens is 364 g/mol. The smallest absolute Gasteiger partial charge is 0.321 e. The highest BCUT2D eigenvalue weighted by atomic mass is 32.1. The lowest BCUT2D eigenvalue weighted by Crippen LogP contribution is -2.42. The molecule has 0 aliphatic heterocycles. The van der Waals surface area contributed by atoms with Gasteiger partial charge in [-0.25, -0.2) is 9.78 Å². The first-order valence-electron chi connectivity index (χ1n) is 9.42. The lowest BCUT2D eigenvalue weighted by Gasteiger charge is -2.17. The molecule has 2 aromatic rings. The number of urea groups is 1. The summed E-state index contributed by atoms with van der Waals surface area (Å²) in [5.41, 5.74) is 0.884. The van der Waals surface area contributed by atoms with Crippen LogP contribution in [0.25, 0.3) is 10.2 Å². The van der Waals surface area contributed by atoms with Gasteiger partial charge in [-0.3, -0.25) is 19.5 Å². The molecule has 1 aliphatic carbocycles. The van der Waals surface area contributed by atoms with Gasteiger partial charge in [0.25, 0.3) is 5.56 Å². The standard InChI is InChI=1S/C19H26N4O3S/c1-11(2)6-7-20-19(26)22-15(24)9-23-10-21-17-16(18(23)25)13-5-4-12(3)8-14(13)27-17/h10-12H,4-9H2,1-3H3,(H2,20,22,24,26)/t12-/m0/s1. The van der Waals surface area contributed by atoms with Crippen LogP contribution in [0.4, 0.5) is 4.79 Å². The lowest BCUT2D eigenvalue weighted by atomic mass is 9.89. The minimum Gasteiger partial charge on any atom is -0.338 e. The third-order valence-corrected chi connectivity index (χ3v) is 6.02. The Bertz CT molecular complexity index is 916. The summed E-state index contributed by atoms with van der Waals surface area (Å²) in [5, 5.41) is 5.55. The molecule has 0 bridgehead atoms. The van der Waals surface area contributed by atoms with E-state index in [9.17, 15) is 14.4 Å². The van der Waals surface area contributed by atoms with Crippen LogP contribution in [0.15, 0.2) is 11.1 Å². The Morgan fingerprint density at radius 3 is 2.93 bits per heavy atom. The van der Waals surface area contributed by atoms with Gasteiger partial charge in [0.1, 0.15) is 11.4 Å². The summed E-state index contributed by atoms with van der Waals surface area (Å²) in [6.07, 6.45) is 5.15. The molecule has 0 spiro atoms. The van der Waals surface area contributed by atoms with Crippen LogP contribution in [0, 0.1) is 11.8 Å². The molecule has 0 aromatic carbocycles. The average Bonchev–Trinajstić information content (AvgIpc) is 2.95. The van der Waals surface area contributed by atoms with E-state index in [1.807, 2.05) is 0 Å². The van der Waals surface area contributed by atoms with Crippen molar-refractivity contribution in [1.82, 2.24) is 20.2 Å². The topological polar surface area (TPSA) is 93.1 Å². The van der Waals surface area contributed by atoms with Crippen molar-refractivity contribution in [1.29, 1.82) is 0 Å². The average molecular weight is 391 g/mol. The first-order valence-corrected chi connectivity index (χ1v) is 10.2. The van der Waals surface area contributed by atoms with Crippen LogP contribution in [0.1, 0.15) is 44.1 Å². The fourth-order valence-corrected chi connectivity index (χ4v) is 4.66. The minimum absolute atomic E-state index is 0.206. The SMILES string of the molecule is CC(C)CCNC(=O)NC(=O)Cn1cnc2sc3c(c2c1=O)CC[C@H](C)C3. The van der Waals surface area contributed by atoms with E-state index in [1.54, 1.807) is 11.3 Å². The van der Waals surface area contributed by atoms with Crippen molar-refractivity contribution in [2.75, 3.05) is 6.54 Å². The summed E-state index contributed by atoms with van der Waals surface area (Å²) in [6, 6.07) is -0.537. The van der Waals surface area contributed by atoms with Gasteiger partial charge in [-0.2, -0.15) is 0 Å². The molecule has 1 aliphatic rings. The van der Waals surface area contributed by atoms with Gasteiger partial charge in [0, 0.05) is 11.4 Å². The Labute approximate surface area is 162 Å². The van der Waals surface area contributed by atoms with Crippen molar-refractivity contribution in [2.45, 2.75) is 53.0 Å². The molecule has 3 amide bonds. The normalized spacial score (nSPS) is 16.4. The molecule has 2 aromatic heterocycles. The van der Waals surface area contributed by atoms with Gasteiger partial charge < -0.3 is 5.32 Å². The van der Waals surface area contributed by atoms with Gasteiger partial charge in [-0.15, -0.1) is 11.3 Å². The van der Waals surface area contributed by atoms with E-state index in [4.69, 9.17) is 0 Å². The molecular formula is C19H26N4O3S. The molecule has 2 N–H and O–H groups in total. The highest BCUT2D eigenvalue weighted by Crippen LogP contribution is 2.35. The second-order valence-corrected chi connectivity index (χ2v) is 8.78. The number of amides is 3. The van der Waals surface area contributed by atoms with Crippen molar-refractivity contribution in [3.05, 3.63) is 27.1 Å². The lowest BCUT2D eigenvalue weighted by molar-refractivity contribution is -0.120. The minimum atomic E-state index is -0.537. The van der Waals surface area contributed by atoms with E-state index in [0.717, 1.165) is 36.1 Å². The van der Waals surface area contributed by atoms with Crippen LogP contribution in [-0.2, 0) is 24.2 Å². The van der Waals surface area contributed by atoms with Crippen LogP contribution in [0.2, 0.25) is 0 Å². The number of nitrogens with one attached hydrogen (secondary N) is 2. The molecule has 27 heavy (non-hydrogen) atoms. The first kappa shape index (κ1) is 19.5. The van der Waals surface area contributed by atoms with Crippen LogP contribution >= 0.6 is 11.3 Å². The molecule has 0 fully saturated rings. The molecule has 0 saturated heterocycles. The predicted molar refractivity (Wildman–Crippen MR) is 106 cm³/mol. The van der Waals surface area contributed by atoms with Gasteiger partial charge in [0.15, 0.2) is 0 Å². The number of hydrogen-bond acceptors (Lipinski definition) is 5. The quantitative estimate of drug-likeness (QED) is 0.820. The summed E-state index contributed by atoms with van der Waals surface area (Å²) in [5.74, 6) is 0.558. The fourth-order valence-electron chi connectivity index (χ4n) is 3.32. The number of rotatable bonds is 5. The molecule has 3 rings (SSSR count). The first-order chi connectivity index (χ1) is 12.8. The van der Waals surface area contributed by atoms with Crippen molar-refractivity contribution in [3.8, 4) is 0 Å². The number of aromatic nitrogens is 2. The maximum atomic E-state index is 12.9.